The van der Waals surface area contributed by atoms with E-state index in [9.17, 15) is 13.2 Å². The zero-order chi connectivity index (χ0) is 14.6. The van der Waals surface area contributed by atoms with Crippen molar-refractivity contribution in [3.63, 3.8) is 0 Å². The highest BCUT2D eigenvalue weighted by atomic mass is 19.4. The highest BCUT2D eigenvalue weighted by molar-refractivity contribution is 5.61. The molecule has 1 aromatic carbocycles. The van der Waals surface area contributed by atoms with Gasteiger partial charge in [-0.15, -0.1) is 0 Å². The highest BCUT2D eigenvalue weighted by Gasteiger charge is 2.31. The maximum absolute atomic E-state index is 12.6. The average molecular weight is 270 g/mol. The molecule has 0 spiro atoms. The molecule has 0 saturated heterocycles. The van der Waals surface area contributed by atoms with Crippen molar-refractivity contribution < 1.29 is 13.2 Å². The van der Waals surface area contributed by atoms with Crippen LogP contribution in [0.5, 0.6) is 0 Å². The van der Waals surface area contributed by atoms with Gasteiger partial charge in [-0.05, 0) is 38.5 Å². The van der Waals surface area contributed by atoms with Gasteiger partial charge in [-0.1, -0.05) is 6.92 Å². The molecule has 0 atom stereocenters. The average Bonchev–Trinajstić information content (AvgIpc) is 2.33. The summed E-state index contributed by atoms with van der Waals surface area (Å²) in [5, 5.41) is 9.06. The highest BCUT2D eigenvalue weighted by Crippen LogP contribution is 2.33. The van der Waals surface area contributed by atoms with Crippen molar-refractivity contribution in [2.45, 2.75) is 39.4 Å². The zero-order valence-electron chi connectivity index (χ0n) is 11.3. The number of benzene rings is 1. The fourth-order valence-electron chi connectivity index (χ4n) is 1.95. The number of anilines is 1. The van der Waals surface area contributed by atoms with Gasteiger partial charge in [-0.3, -0.25) is 0 Å². The SMILES string of the molecule is CCCN(c1ccc(C(F)(F)F)cc1C#N)C(C)C. The molecule has 1 aromatic rings. The third-order valence-electron chi connectivity index (χ3n) is 2.84. The topological polar surface area (TPSA) is 27.0 Å². The number of nitriles is 1. The van der Waals surface area contributed by atoms with E-state index in [2.05, 4.69) is 0 Å². The van der Waals surface area contributed by atoms with Crippen LogP contribution in [0.3, 0.4) is 0 Å². The van der Waals surface area contributed by atoms with Crippen LogP contribution in [0.4, 0.5) is 18.9 Å². The van der Waals surface area contributed by atoms with Crippen LogP contribution in [0.1, 0.15) is 38.3 Å². The summed E-state index contributed by atoms with van der Waals surface area (Å²) < 4.78 is 37.9. The quantitative estimate of drug-likeness (QED) is 0.819. The van der Waals surface area contributed by atoms with Crippen LogP contribution >= 0.6 is 0 Å². The molecular weight excluding hydrogens is 253 g/mol. The van der Waals surface area contributed by atoms with E-state index in [0.29, 0.717) is 12.2 Å². The third kappa shape index (κ3) is 3.63. The molecule has 0 fully saturated rings. The molecule has 0 saturated carbocycles. The molecule has 0 unspecified atom stereocenters. The predicted octanol–water partition coefficient (Wildman–Crippen LogP) is 4.20. The summed E-state index contributed by atoms with van der Waals surface area (Å²) in [5.41, 5.74) is -0.155. The molecule has 0 aromatic heterocycles. The molecule has 2 nitrogen and oxygen atoms in total. The lowest BCUT2D eigenvalue weighted by molar-refractivity contribution is -0.137. The van der Waals surface area contributed by atoms with E-state index in [-0.39, 0.29) is 11.6 Å². The number of hydrogen-bond donors (Lipinski definition) is 0. The van der Waals surface area contributed by atoms with Crippen LogP contribution in [0.15, 0.2) is 18.2 Å². The molecule has 0 radical (unpaired) electrons. The smallest absolute Gasteiger partial charge is 0.368 e. The van der Waals surface area contributed by atoms with E-state index in [1.165, 1.54) is 6.07 Å². The van der Waals surface area contributed by atoms with Crippen LogP contribution in [-0.2, 0) is 6.18 Å². The Labute approximate surface area is 111 Å². The van der Waals surface area contributed by atoms with Gasteiger partial charge >= 0.3 is 6.18 Å². The molecule has 0 aliphatic carbocycles. The van der Waals surface area contributed by atoms with E-state index in [4.69, 9.17) is 5.26 Å². The van der Waals surface area contributed by atoms with Gasteiger partial charge in [0.05, 0.1) is 16.8 Å². The molecule has 19 heavy (non-hydrogen) atoms. The Kier molecular flexibility index (Phi) is 4.82. The molecule has 5 heteroatoms. The standard InChI is InChI=1S/C14H17F3N2/c1-4-7-19(10(2)3)13-6-5-12(14(15,16)17)8-11(13)9-18/h5-6,8,10H,4,7H2,1-3H3. The number of halogens is 3. The van der Waals surface area contributed by atoms with E-state index in [1.54, 1.807) is 0 Å². The van der Waals surface area contributed by atoms with Gasteiger partial charge in [0.15, 0.2) is 0 Å². The van der Waals surface area contributed by atoms with Crippen molar-refractivity contribution >= 4 is 5.69 Å². The lowest BCUT2D eigenvalue weighted by atomic mass is 10.1. The van der Waals surface area contributed by atoms with Crippen LogP contribution < -0.4 is 4.90 Å². The Morgan fingerprint density at radius 3 is 2.37 bits per heavy atom. The molecule has 0 aliphatic heterocycles. The Morgan fingerprint density at radius 1 is 1.32 bits per heavy atom. The Bertz CT molecular complexity index is 473. The Hall–Kier alpha value is -1.70. The van der Waals surface area contributed by atoms with Crippen LogP contribution in [0, 0.1) is 11.3 Å². The van der Waals surface area contributed by atoms with E-state index >= 15 is 0 Å². The van der Waals surface area contributed by atoms with E-state index in [1.807, 2.05) is 31.7 Å². The number of rotatable bonds is 4. The van der Waals surface area contributed by atoms with Crippen molar-refractivity contribution in [2.75, 3.05) is 11.4 Å². The first kappa shape index (κ1) is 15.4. The molecule has 0 heterocycles. The molecule has 104 valence electrons. The van der Waals surface area contributed by atoms with Gasteiger partial charge in [0.2, 0.25) is 0 Å². The molecule has 0 amide bonds. The number of alkyl halides is 3. The first-order chi connectivity index (χ1) is 8.81. The van der Waals surface area contributed by atoms with Crippen molar-refractivity contribution in [1.29, 1.82) is 5.26 Å². The third-order valence-corrected chi connectivity index (χ3v) is 2.84. The molecule has 0 N–H and O–H groups in total. The van der Waals surface area contributed by atoms with Gasteiger partial charge in [-0.2, -0.15) is 18.4 Å². The lowest BCUT2D eigenvalue weighted by Crippen LogP contribution is -2.32. The Morgan fingerprint density at radius 2 is 1.95 bits per heavy atom. The summed E-state index contributed by atoms with van der Waals surface area (Å²) >= 11 is 0. The molecule has 0 aliphatic rings. The fraction of sp³-hybridized carbons (Fsp3) is 0.500. The van der Waals surface area contributed by atoms with Crippen molar-refractivity contribution in [3.8, 4) is 6.07 Å². The summed E-state index contributed by atoms with van der Waals surface area (Å²) in [6, 6.07) is 5.32. The van der Waals surface area contributed by atoms with Crippen LogP contribution in [-0.4, -0.2) is 12.6 Å². The lowest BCUT2D eigenvalue weighted by Gasteiger charge is -2.29. The van der Waals surface area contributed by atoms with Gasteiger partial charge in [0, 0.05) is 12.6 Å². The minimum Gasteiger partial charge on any atom is -0.368 e. The van der Waals surface area contributed by atoms with Crippen molar-refractivity contribution in [3.05, 3.63) is 29.3 Å². The monoisotopic (exact) mass is 270 g/mol. The minimum atomic E-state index is -4.42. The van der Waals surface area contributed by atoms with Gasteiger partial charge in [0.25, 0.3) is 0 Å². The van der Waals surface area contributed by atoms with Crippen molar-refractivity contribution in [1.82, 2.24) is 0 Å². The summed E-state index contributed by atoms with van der Waals surface area (Å²) in [4.78, 5) is 1.94. The van der Waals surface area contributed by atoms with Gasteiger partial charge in [-0.25, -0.2) is 0 Å². The van der Waals surface area contributed by atoms with Gasteiger partial charge < -0.3 is 4.90 Å². The van der Waals surface area contributed by atoms with Gasteiger partial charge in [0.1, 0.15) is 6.07 Å². The molecular formula is C14H17F3N2. The second-order valence-corrected chi connectivity index (χ2v) is 4.63. The first-order valence-electron chi connectivity index (χ1n) is 6.19. The van der Waals surface area contributed by atoms with E-state index in [0.717, 1.165) is 18.6 Å². The maximum atomic E-state index is 12.6. The van der Waals surface area contributed by atoms with Crippen LogP contribution in [0.2, 0.25) is 0 Å². The van der Waals surface area contributed by atoms with E-state index < -0.39 is 11.7 Å². The minimum absolute atomic E-state index is 0.0666. The fourth-order valence-corrected chi connectivity index (χ4v) is 1.95. The summed E-state index contributed by atoms with van der Waals surface area (Å²) in [6.45, 7) is 6.60. The van der Waals surface area contributed by atoms with Crippen molar-refractivity contribution in [2.24, 2.45) is 0 Å². The number of hydrogen-bond acceptors (Lipinski definition) is 2. The predicted molar refractivity (Wildman–Crippen MR) is 68.9 cm³/mol. The second kappa shape index (κ2) is 5.96. The number of nitrogens with zero attached hydrogens (tertiary/aromatic N) is 2. The summed E-state index contributed by atoms with van der Waals surface area (Å²) in [7, 11) is 0. The maximum Gasteiger partial charge on any atom is 0.416 e. The second-order valence-electron chi connectivity index (χ2n) is 4.63. The Balaban J connectivity index is 3.26. The zero-order valence-corrected chi connectivity index (χ0v) is 11.3. The first-order valence-corrected chi connectivity index (χ1v) is 6.19. The van der Waals surface area contributed by atoms with Crippen LogP contribution in [0.25, 0.3) is 0 Å². The molecule has 0 bridgehead atoms. The largest absolute Gasteiger partial charge is 0.416 e. The summed E-state index contributed by atoms with van der Waals surface area (Å²) in [6.07, 6.45) is -3.55. The summed E-state index contributed by atoms with van der Waals surface area (Å²) in [5.74, 6) is 0. The molecule has 1 rings (SSSR count). The normalized spacial score (nSPS) is 11.5.